The number of phenolic OH excluding ortho intramolecular Hbond substituents is 1. The van der Waals surface area contributed by atoms with Crippen molar-refractivity contribution in [3.05, 3.63) is 65.7 Å². The third kappa shape index (κ3) is 7.12. The minimum Gasteiger partial charge on any atom is -0.508 e. The Morgan fingerprint density at radius 1 is 1.15 bits per heavy atom. The summed E-state index contributed by atoms with van der Waals surface area (Å²) in [6.07, 6.45) is 1.59. The largest absolute Gasteiger partial charge is 0.508 e. The number of benzene rings is 2. The molecule has 2 aromatic carbocycles. The number of carbonyl (C=O) groups excluding carboxylic acids is 1. The molecule has 0 radical (unpaired) electrons. The van der Waals surface area contributed by atoms with Crippen LogP contribution in [0.1, 0.15) is 31.4 Å². The Hall–Kier alpha value is -2.74. The molecule has 3 unspecified atom stereocenters. The molecule has 3 rings (SSSR count). The van der Waals surface area contributed by atoms with E-state index in [4.69, 9.17) is 5.11 Å². The molecule has 0 aromatic heterocycles. The maximum Gasteiger partial charge on any atom is 0.317 e. The first kappa shape index (κ1) is 26.5. The number of piperidine rings is 1. The molecule has 3 atom stereocenters. The van der Waals surface area contributed by atoms with E-state index in [9.17, 15) is 14.7 Å². The molecule has 1 saturated heterocycles. The van der Waals surface area contributed by atoms with Gasteiger partial charge in [-0.3, -0.25) is 9.59 Å². The highest BCUT2D eigenvalue weighted by atomic mass is 16.4. The quantitative estimate of drug-likeness (QED) is 0.504. The van der Waals surface area contributed by atoms with E-state index < -0.39 is 5.97 Å². The number of carbonyl (C=O) groups is 2. The number of hydrogen-bond donors (Lipinski definition) is 3. The Balaban J connectivity index is 0.00000385. The number of ketones is 1. The summed E-state index contributed by atoms with van der Waals surface area (Å²) in [6, 6.07) is 17.5. The first-order valence-corrected chi connectivity index (χ1v) is 11.3. The number of carboxylic acids is 1. The third-order valence-corrected chi connectivity index (χ3v) is 6.91. The Morgan fingerprint density at radius 3 is 2.52 bits per heavy atom. The summed E-state index contributed by atoms with van der Waals surface area (Å²) < 4.78 is 0. The number of Topliss-reactive ketones (excluding diaryl/α,β-unsaturated/α-hetero) is 1. The Morgan fingerprint density at radius 2 is 1.88 bits per heavy atom. The van der Waals surface area contributed by atoms with E-state index in [1.165, 1.54) is 0 Å². The lowest BCUT2D eigenvalue weighted by Crippen LogP contribution is -2.49. The fourth-order valence-corrected chi connectivity index (χ4v) is 4.70. The molecule has 180 valence electrons. The summed E-state index contributed by atoms with van der Waals surface area (Å²) in [5.74, 6) is -0.468. The van der Waals surface area contributed by atoms with Crippen molar-refractivity contribution in [3.63, 3.8) is 0 Å². The molecule has 0 aliphatic carbocycles. The number of rotatable bonds is 10. The number of aliphatic carboxylic acids is 1. The topological polar surface area (TPSA) is 121 Å². The molecule has 0 spiro atoms. The third-order valence-electron chi connectivity index (χ3n) is 6.91. The second kappa shape index (κ2) is 11.9. The molecule has 7 heteroatoms. The molecular weight excluding hydrogens is 420 g/mol. The fraction of sp³-hybridized carbons (Fsp3) is 0.462. The SMILES string of the molecule is CC1CN(CC(Cc2ccccc2)C(=O)CNCC(=O)O)CCC1(C)c1cccc(O)c1.O. The van der Waals surface area contributed by atoms with Crippen molar-refractivity contribution in [3.8, 4) is 5.75 Å². The predicted molar refractivity (Wildman–Crippen MR) is 128 cm³/mol. The summed E-state index contributed by atoms with van der Waals surface area (Å²) >= 11 is 0. The zero-order valence-corrected chi connectivity index (χ0v) is 19.5. The number of nitrogens with one attached hydrogen (secondary N) is 1. The van der Waals surface area contributed by atoms with Crippen LogP contribution in [-0.2, 0) is 21.4 Å². The van der Waals surface area contributed by atoms with Crippen LogP contribution in [0.15, 0.2) is 54.6 Å². The van der Waals surface area contributed by atoms with Gasteiger partial charge < -0.3 is 25.9 Å². The highest BCUT2D eigenvalue weighted by Crippen LogP contribution is 2.40. The van der Waals surface area contributed by atoms with Gasteiger partial charge in [0.05, 0.1) is 13.1 Å². The smallest absolute Gasteiger partial charge is 0.317 e. The number of carboxylic acid groups (broad SMARTS) is 1. The van der Waals surface area contributed by atoms with Crippen LogP contribution in [-0.4, -0.2) is 65.1 Å². The summed E-state index contributed by atoms with van der Waals surface area (Å²) in [5, 5.41) is 21.5. The summed E-state index contributed by atoms with van der Waals surface area (Å²) in [5.41, 5.74) is 2.23. The second-order valence-corrected chi connectivity index (χ2v) is 9.23. The minimum absolute atomic E-state index is 0. The van der Waals surface area contributed by atoms with Crippen molar-refractivity contribution < 1.29 is 25.3 Å². The van der Waals surface area contributed by atoms with E-state index in [-0.39, 0.29) is 35.7 Å². The van der Waals surface area contributed by atoms with Crippen LogP contribution in [0.25, 0.3) is 0 Å². The number of nitrogens with zero attached hydrogens (tertiary/aromatic N) is 1. The normalized spacial score (nSPS) is 21.7. The average molecular weight is 457 g/mol. The zero-order chi connectivity index (χ0) is 23.1. The van der Waals surface area contributed by atoms with Gasteiger partial charge >= 0.3 is 5.97 Å². The summed E-state index contributed by atoms with van der Waals surface area (Å²) in [4.78, 5) is 26.1. The van der Waals surface area contributed by atoms with Gasteiger partial charge in [0.1, 0.15) is 5.75 Å². The lowest BCUT2D eigenvalue weighted by atomic mass is 9.68. The van der Waals surface area contributed by atoms with Crippen LogP contribution in [0, 0.1) is 11.8 Å². The molecule has 0 amide bonds. The van der Waals surface area contributed by atoms with Crippen molar-refractivity contribution in [1.29, 1.82) is 0 Å². The van der Waals surface area contributed by atoms with Crippen LogP contribution in [0.2, 0.25) is 0 Å². The number of aromatic hydroxyl groups is 1. The molecule has 7 nitrogen and oxygen atoms in total. The number of hydrogen-bond acceptors (Lipinski definition) is 5. The maximum absolute atomic E-state index is 13.0. The molecule has 0 saturated carbocycles. The van der Waals surface area contributed by atoms with E-state index in [1.54, 1.807) is 6.07 Å². The molecule has 1 aliphatic rings. The van der Waals surface area contributed by atoms with Crippen LogP contribution >= 0.6 is 0 Å². The van der Waals surface area contributed by atoms with Crippen LogP contribution < -0.4 is 5.32 Å². The summed E-state index contributed by atoms with van der Waals surface area (Å²) in [7, 11) is 0. The fourth-order valence-electron chi connectivity index (χ4n) is 4.70. The van der Waals surface area contributed by atoms with Crippen LogP contribution in [0.3, 0.4) is 0 Å². The monoisotopic (exact) mass is 456 g/mol. The van der Waals surface area contributed by atoms with E-state index in [0.29, 0.717) is 24.6 Å². The lowest BCUT2D eigenvalue weighted by Gasteiger charge is -2.45. The van der Waals surface area contributed by atoms with Gasteiger partial charge in [-0.25, -0.2) is 0 Å². The van der Waals surface area contributed by atoms with Gasteiger partial charge in [-0.2, -0.15) is 0 Å². The predicted octanol–water partition coefficient (Wildman–Crippen LogP) is 2.27. The molecule has 33 heavy (non-hydrogen) atoms. The first-order chi connectivity index (χ1) is 15.3. The molecule has 1 heterocycles. The molecule has 1 fully saturated rings. The van der Waals surface area contributed by atoms with E-state index >= 15 is 0 Å². The summed E-state index contributed by atoms with van der Waals surface area (Å²) in [6.45, 7) is 6.74. The molecule has 1 aliphatic heterocycles. The molecule has 5 N–H and O–H groups in total. The van der Waals surface area contributed by atoms with Gasteiger partial charge in [0, 0.05) is 19.0 Å². The number of likely N-dealkylation sites (tertiary alicyclic amines) is 1. The Bertz CT molecular complexity index is 920. The van der Waals surface area contributed by atoms with Gasteiger partial charge in [0.2, 0.25) is 0 Å². The van der Waals surface area contributed by atoms with Crippen molar-refractivity contribution in [1.82, 2.24) is 10.2 Å². The molecule has 2 aromatic rings. The lowest BCUT2D eigenvalue weighted by molar-refractivity contribution is -0.136. The zero-order valence-electron chi connectivity index (χ0n) is 19.5. The van der Waals surface area contributed by atoms with E-state index in [0.717, 1.165) is 30.6 Å². The van der Waals surface area contributed by atoms with E-state index in [2.05, 4.69) is 30.1 Å². The Labute approximate surface area is 195 Å². The standard InChI is InChI=1S/C26H34N2O4.H2O/c1-19-17-28(12-11-26(19,2)22-9-6-10-23(29)14-22)18-21(13-20-7-4-3-5-8-20)24(30)15-27-16-25(31)32;/h3-10,14,19,21,27,29H,11-13,15-18H2,1-2H3,(H,31,32);1H2. The van der Waals surface area contributed by atoms with Crippen LogP contribution in [0.5, 0.6) is 5.75 Å². The van der Waals surface area contributed by atoms with Gasteiger partial charge in [-0.1, -0.05) is 56.3 Å². The van der Waals surface area contributed by atoms with Gasteiger partial charge in [0.25, 0.3) is 0 Å². The molecular formula is C26H36N2O5. The van der Waals surface area contributed by atoms with Crippen molar-refractivity contribution in [2.24, 2.45) is 11.8 Å². The highest BCUT2D eigenvalue weighted by Gasteiger charge is 2.39. The first-order valence-electron chi connectivity index (χ1n) is 11.3. The maximum atomic E-state index is 13.0. The van der Waals surface area contributed by atoms with Crippen molar-refractivity contribution in [2.45, 2.75) is 32.1 Å². The van der Waals surface area contributed by atoms with Crippen molar-refractivity contribution in [2.75, 3.05) is 32.7 Å². The second-order valence-electron chi connectivity index (χ2n) is 9.23. The number of phenols is 1. The van der Waals surface area contributed by atoms with Gasteiger partial charge in [0.15, 0.2) is 5.78 Å². The van der Waals surface area contributed by atoms with Crippen molar-refractivity contribution >= 4 is 11.8 Å². The molecule has 0 bridgehead atoms. The Kier molecular flexibility index (Phi) is 9.58. The average Bonchev–Trinajstić information content (AvgIpc) is 2.76. The van der Waals surface area contributed by atoms with Gasteiger partial charge in [-0.05, 0) is 54.0 Å². The van der Waals surface area contributed by atoms with E-state index in [1.807, 2.05) is 42.5 Å². The highest BCUT2D eigenvalue weighted by molar-refractivity contribution is 5.84. The van der Waals surface area contributed by atoms with Crippen LogP contribution in [0.4, 0.5) is 0 Å². The minimum atomic E-state index is -0.964. The van der Waals surface area contributed by atoms with Gasteiger partial charge in [-0.15, -0.1) is 0 Å².